The minimum Gasteiger partial charge on any atom is -0.462 e. The topological polar surface area (TPSA) is 94.7 Å². The summed E-state index contributed by atoms with van der Waals surface area (Å²) in [7, 11) is 0. The van der Waals surface area contributed by atoms with Crippen molar-refractivity contribution in [3.05, 3.63) is 58.4 Å². The van der Waals surface area contributed by atoms with Gasteiger partial charge < -0.3 is 19.2 Å². The lowest BCUT2D eigenvalue weighted by Crippen LogP contribution is -2.09. The molecule has 0 bridgehead atoms. The summed E-state index contributed by atoms with van der Waals surface area (Å²) >= 11 is 1.47. The fourth-order valence-electron chi connectivity index (χ4n) is 2.68. The molecule has 0 fully saturated rings. The number of esters is 3. The maximum Gasteiger partial charge on any atom is 0.355 e. The van der Waals surface area contributed by atoms with E-state index in [1.165, 1.54) is 11.8 Å². The average Bonchev–Trinajstić information content (AvgIpc) is 3.05. The Bertz CT molecular complexity index is 846. The molecule has 0 spiro atoms. The second-order valence-electron chi connectivity index (χ2n) is 5.97. The van der Waals surface area contributed by atoms with Gasteiger partial charge in [-0.2, -0.15) is 11.8 Å². The van der Waals surface area contributed by atoms with Crippen molar-refractivity contribution in [2.24, 2.45) is 0 Å². The van der Waals surface area contributed by atoms with Gasteiger partial charge in [-0.3, -0.25) is 0 Å². The van der Waals surface area contributed by atoms with E-state index in [0.29, 0.717) is 33.9 Å². The standard InChI is InChI=1S/C21H25NO6S/c1-4-26-20(24)17-14(3)18(21(25)27-5-2)22-16(17)13-29-12-11-28-19(23)15-9-7-6-8-10-15/h6-10,22H,4-5,11-13H2,1-3H3. The molecule has 0 unspecified atom stereocenters. The van der Waals surface area contributed by atoms with Gasteiger partial charge in [0.15, 0.2) is 0 Å². The van der Waals surface area contributed by atoms with Crippen LogP contribution in [0.1, 0.15) is 56.3 Å². The predicted octanol–water partition coefficient (Wildman–Crippen LogP) is 3.77. The zero-order chi connectivity index (χ0) is 21.2. The molecule has 2 aromatic rings. The average molecular weight is 419 g/mol. The highest BCUT2D eigenvalue weighted by Gasteiger charge is 2.25. The third-order valence-electron chi connectivity index (χ3n) is 4.00. The fraction of sp³-hybridized carbons (Fsp3) is 0.381. The molecule has 8 heteroatoms. The first-order chi connectivity index (χ1) is 14.0. The molecule has 156 valence electrons. The minimum atomic E-state index is -0.511. The van der Waals surface area contributed by atoms with Crippen molar-refractivity contribution in [1.29, 1.82) is 0 Å². The molecule has 0 saturated carbocycles. The van der Waals surface area contributed by atoms with E-state index >= 15 is 0 Å². The van der Waals surface area contributed by atoms with E-state index in [1.54, 1.807) is 45.0 Å². The molecule has 1 heterocycles. The van der Waals surface area contributed by atoms with Crippen molar-refractivity contribution < 1.29 is 28.6 Å². The zero-order valence-electron chi connectivity index (χ0n) is 16.8. The van der Waals surface area contributed by atoms with Gasteiger partial charge in [-0.05, 0) is 38.5 Å². The largest absolute Gasteiger partial charge is 0.462 e. The Morgan fingerprint density at radius 3 is 2.24 bits per heavy atom. The van der Waals surface area contributed by atoms with Gasteiger partial charge in [-0.15, -0.1) is 0 Å². The van der Waals surface area contributed by atoms with E-state index in [0.717, 1.165) is 0 Å². The Morgan fingerprint density at radius 2 is 1.59 bits per heavy atom. The second-order valence-corrected chi connectivity index (χ2v) is 7.08. The molecule has 0 radical (unpaired) electrons. The highest BCUT2D eigenvalue weighted by molar-refractivity contribution is 7.98. The third kappa shape index (κ3) is 6.12. The summed E-state index contributed by atoms with van der Waals surface area (Å²) in [6, 6.07) is 8.77. The number of carbonyl (C=O) groups is 3. The Morgan fingerprint density at radius 1 is 0.931 bits per heavy atom. The second kappa shape index (κ2) is 11.3. The SMILES string of the molecule is CCOC(=O)c1[nH]c(CSCCOC(=O)c2ccccc2)c(C(=O)OCC)c1C. The maximum atomic E-state index is 12.3. The lowest BCUT2D eigenvalue weighted by Gasteiger charge is -2.06. The van der Waals surface area contributed by atoms with E-state index in [4.69, 9.17) is 14.2 Å². The van der Waals surface area contributed by atoms with Crippen molar-refractivity contribution in [3.8, 4) is 0 Å². The molecule has 1 aromatic heterocycles. The van der Waals surface area contributed by atoms with Crippen LogP contribution in [0.15, 0.2) is 30.3 Å². The normalized spacial score (nSPS) is 10.4. The summed E-state index contributed by atoms with van der Waals surface area (Å²) in [5.41, 5.74) is 2.20. The number of nitrogens with one attached hydrogen (secondary N) is 1. The lowest BCUT2D eigenvalue weighted by atomic mass is 10.1. The van der Waals surface area contributed by atoms with Gasteiger partial charge in [-0.25, -0.2) is 14.4 Å². The van der Waals surface area contributed by atoms with Gasteiger partial charge in [0, 0.05) is 17.2 Å². The predicted molar refractivity (Wildman–Crippen MR) is 110 cm³/mol. The van der Waals surface area contributed by atoms with Crippen molar-refractivity contribution in [2.75, 3.05) is 25.6 Å². The molecule has 0 saturated heterocycles. The summed E-state index contributed by atoms with van der Waals surface area (Å²) in [5.74, 6) is -0.407. The molecule has 0 aliphatic rings. The molecule has 0 aliphatic heterocycles. The van der Waals surface area contributed by atoms with Crippen LogP contribution >= 0.6 is 11.8 Å². The Kier molecular flexibility index (Phi) is 8.79. The molecule has 0 aliphatic carbocycles. The Labute approximate surface area is 174 Å². The first-order valence-corrected chi connectivity index (χ1v) is 10.5. The Hall–Kier alpha value is -2.74. The van der Waals surface area contributed by atoms with Gasteiger partial charge in [0.1, 0.15) is 12.3 Å². The molecular weight excluding hydrogens is 394 g/mol. The van der Waals surface area contributed by atoms with Crippen LogP contribution in [0.5, 0.6) is 0 Å². The fourth-order valence-corrected chi connectivity index (χ4v) is 3.44. The first kappa shape index (κ1) is 22.5. The van der Waals surface area contributed by atoms with E-state index in [2.05, 4.69) is 4.98 Å². The van der Waals surface area contributed by atoms with Gasteiger partial charge in [-0.1, -0.05) is 18.2 Å². The number of H-pyrrole nitrogens is 1. The van der Waals surface area contributed by atoms with Crippen LogP contribution in [-0.4, -0.2) is 48.5 Å². The van der Waals surface area contributed by atoms with Gasteiger partial charge in [0.05, 0.1) is 24.3 Å². The van der Waals surface area contributed by atoms with Crippen LogP contribution in [-0.2, 0) is 20.0 Å². The number of rotatable bonds is 10. The van der Waals surface area contributed by atoms with Crippen molar-refractivity contribution >= 4 is 29.7 Å². The highest BCUT2D eigenvalue weighted by Crippen LogP contribution is 2.24. The monoisotopic (exact) mass is 419 g/mol. The van der Waals surface area contributed by atoms with Crippen LogP contribution in [0.3, 0.4) is 0 Å². The van der Waals surface area contributed by atoms with E-state index in [1.807, 2.05) is 6.07 Å². The smallest absolute Gasteiger partial charge is 0.355 e. The molecule has 29 heavy (non-hydrogen) atoms. The van der Waals surface area contributed by atoms with Crippen LogP contribution < -0.4 is 0 Å². The van der Waals surface area contributed by atoms with Gasteiger partial charge in [0.2, 0.25) is 0 Å². The molecule has 1 N–H and O–H groups in total. The Balaban J connectivity index is 1.98. The molecular formula is C21H25NO6S. The number of ether oxygens (including phenoxy) is 3. The van der Waals surface area contributed by atoms with E-state index in [-0.39, 0.29) is 31.5 Å². The minimum absolute atomic E-state index is 0.234. The molecule has 0 atom stereocenters. The number of aromatic nitrogens is 1. The maximum absolute atomic E-state index is 12.3. The quantitative estimate of drug-likeness (QED) is 0.356. The van der Waals surface area contributed by atoms with Crippen LogP contribution in [0, 0.1) is 6.92 Å². The number of hydrogen-bond donors (Lipinski definition) is 1. The van der Waals surface area contributed by atoms with E-state index < -0.39 is 11.9 Å². The number of hydrogen-bond acceptors (Lipinski definition) is 7. The molecule has 0 amide bonds. The summed E-state index contributed by atoms with van der Waals surface area (Å²) in [4.78, 5) is 39.4. The number of carbonyl (C=O) groups excluding carboxylic acids is 3. The summed E-state index contributed by atoms with van der Waals surface area (Å²) in [5, 5.41) is 0. The van der Waals surface area contributed by atoms with Crippen LogP contribution in [0.2, 0.25) is 0 Å². The summed E-state index contributed by atoms with van der Waals surface area (Å²) in [6.07, 6.45) is 0. The first-order valence-electron chi connectivity index (χ1n) is 9.35. The number of benzene rings is 1. The van der Waals surface area contributed by atoms with Crippen molar-refractivity contribution in [3.63, 3.8) is 0 Å². The molecule has 2 rings (SSSR count). The van der Waals surface area contributed by atoms with Crippen molar-refractivity contribution in [2.45, 2.75) is 26.5 Å². The number of thioether (sulfide) groups is 1. The molecule has 7 nitrogen and oxygen atoms in total. The van der Waals surface area contributed by atoms with Crippen LogP contribution in [0.4, 0.5) is 0 Å². The van der Waals surface area contributed by atoms with E-state index in [9.17, 15) is 14.4 Å². The lowest BCUT2D eigenvalue weighted by molar-refractivity contribution is 0.0513. The summed E-state index contributed by atoms with van der Waals surface area (Å²) in [6.45, 7) is 5.84. The summed E-state index contributed by atoms with van der Waals surface area (Å²) < 4.78 is 15.4. The van der Waals surface area contributed by atoms with Gasteiger partial charge in [0.25, 0.3) is 0 Å². The zero-order valence-corrected chi connectivity index (χ0v) is 17.6. The highest BCUT2D eigenvalue weighted by atomic mass is 32.2. The molecule has 1 aromatic carbocycles. The van der Waals surface area contributed by atoms with Gasteiger partial charge >= 0.3 is 17.9 Å². The third-order valence-corrected chi connectivity index (χ3v) is 4.95. The number of aromatic amines is 1. The van der Waals surface area contributed by atoms with Crippen LogP contribution in [0.25, 0.3) is 0 Å². The van der Waals surface area contributed by atoms with Crippen molar-refractivity contribution in [1.82, 2.24) is 4.98 Å².